The quantitative estimate of drug-likeness (QED) is 0.251. The summed E-state index contributed by atoms with van der Waals surface area (Å²) in [4.78, 5) is 13.4. The molecule has 0 radical (unpaired) electrons. The number of hydrogen-bond donors (Lipinski definition) is 1. The van der Waals surface area contributed by atoms with Crippen molar-refractivity contribution in [2.75, 3.05) is 44.7 Å². The number of nitrogens with two attached hydrogens (primary N) is 1. The van der Waals surface area contributed by atoms with Crippen molar-refractivity contribution in [2.45, 2.75) is 12.8 Å². The smallest absolute Gasteiger partial charge is 0.191 e. The van der Waals surface area contributed by atoms with Gasteiger partial charge in [-0.1, -0.05) is 22.0 Å². The Balaban J connectivity index is 0.00000261. The first-order valence-corrected chi connectivity index (χ1v) is 10.4. The molecule has 2 aromatic rings. The third-order valence-corrected chi connectivity index (χ3v) is 5.75. The zero-order chi connectivity index (χ0) is 18.4. The number of halogens is 2. The van der Waals surface area contributed by atoms with E-state index in [1.165, 1.54) is 5.56 Å². The van der Waals surface area contributed by atoms with Gasteiger partial charge >= 0.3 is 0 Å². The minimum Gasteiger partial charge on any atom is -0.496 e. The van der Waals surface area contributed by atoms with Crippen LogP contribution in [0.15, 0.2) is 39.2 Å². The van der Waals surface area contributed by atoms with Gasteiger partial charge in [-0.15, -0.1) is 35.3 Å². The molecule has 1 aliphatic rings. The van der Waals surface area contributed by atoms with Crippen LogP contribution in [-0.4, -0.2) is 55.7 Å². The van der Waals surface area contributed by atoms with Crippen molar-refractivity contribution in [3.8, 4) is 5.75 Å². The number of hydrogen-bond acceptors (Lipinski definition) is 5. The number of ether oxygens (including phenoxy) is 1. The van der Waals surface area contributed by atoms with Gasteiger partial charge in [0.25, 0.3) is 0 Å². The highest BCUT2D eigenvalue weighted by molar-refractivity contribution is 14.0. The molecular formula is C18H25BrIN5OS. The Kier molecular flexibility index (Phi) is 9.10. The van der Waals surface area contributed by atoms with E-state index >= 15 is 0 Å². The van der Waals surface area contributed by atoms with Gasteiger partial charge in [0.2, 0.25) is 0 Å². The number of methoxy groups -OCH3 is 1. The summed E-state index contributed by atoms with van der Waals surface area (Å²) in [5.74, 6) is 1.56. The van der Waals surface area contributed by atoms with Crippen molar-refractivity contribution in [3.63, 3.8) is 0 Å². The Morgan fingerprint density at radius 3 is 2.78 bits per heavy atom. The lowest BCUT2D eigenvalue weighted by Crippen LogP contribution is -2.51. The van der Waals surface area contributed by atoms with Crippen LogP contribution in [0.1, 0.15) is 12.0 Å². The molecule has 9 heteroatoms. The Morgan fingerprint density at radius 2 is 2.11 bits per heavy atom. The molecule has 0 amide bonds. The predicted octanol–water partition coefficient (Wildman–Crippen LogP) is 3.60. The van der Waals surface area contributed by atoms with Gasteiger partial charge < -0.3 is 20.3 Å². The molecule has 3 rings (SSSR count). The fourth-order valence-corrected chi connectivity index (χ4v) is 4.02. The number of guanidine groups is 1. The first-order chi connectivity index (χ1) is 12.7. The molecule has 0 saturated carbocycles. The van der Waals surface area contributed by atoms with Crippen molar-refractivity contribution >= 4 is 62.3 Å². The number of thiazole rings is 1. The van der Waals surface area contributed by atoms with Gasteiger partial charge in [0, 0.05) is 48.8 Å². The summed E-state index contributed by atoms with van der Waals surface area (Å²) >= 11 is 5.15. The van der Waals surface area contributed by atoms with Crippen LogP contribution in [0.25, 0.3) is 0 Å². The Morgan fingerprint density at radius 1 is 1.33 bits per heavy atom. The third kappa shape index (κ3) is 6.21. The number of nitrogens with zero attached hydrogens (tertiary/aromatic N) is 4. The molecule has 0 atom stereocenters. The SMILES string of the molecule is COc1cc(Br)ccc1CCCN=C(N)N1CCN(c2nccs2)CC1.I. The van der Waals surface area contributed by atoms with Crippen LogP contribution in [0.4, 0.5) is 5.13 Å². The normalized spacial score (nSPS) is 14.8. The molecule has 1 aliphatic heterocycles. The first-order valence-electron chi connectivity index (χ1n) is 8.69. The van der Waals surface area contributed by atoms with E-state index in [-0.39, 0.29) is 24.0 Å². The van der Waals surface area contributed by atoms with Crippen LogP contribution < -0.4 is 15.4 Å². The molecule has 1 aromatic heterocycles. The predicted molar refractivity (Wildman–Crippen MR) is 127 cm³/mol. The summed E-state index contributed by atoms with van der Waals surface area (Å²) in [5, 5.41) is 3.10. The topological polar surface area (TPSA) is 67.0 Å². The van der Waals surface area contributed by atoms with Crippen molar-refractivity contribution in [3.05, 3.63) is 39.8 Å². The average Bonchev–Trinajstić information content (AvgIpc) is 3.20. The number of anilines is 1. The Bertz CT molecular complexity index is 735. The maximum absolute atomic E-state index is 6.18. The van der Waals surface area contributed by atoms with Crippen molar-refractivity contribution in [2.24, 2.45) is 10.7 Å². The van der Waals surface area contributed by atoms with Crippen molar-refractivity contribution in [1.82, 2.24) is 9.88 Å². The van der Waals surface area contributed by atoms with Crippen LogP contribution in [-0.2, 0) is 6.42 Å². The van der Waals surface area contributed by atoms with E-state index in [0.29, 0.717) is 5.96 Å². The summed E-state index contributed by atoms with van der Waals surface area (Å²) in [6, 6.07) is 6.13. The second-order valence-electron chi connectivity index (χ2n) is 6.09. The van der Waals surface area contributed by atoms with Gasteiger partial charge in [0.15, 0.2) is 11.1 Å². The van der Waals surface area contributed by atoms with E-state index in [0.717, 1.165) is 60.9 Å². The molecule has 0 unspecified atom stereocenters. The van der Waals surface area contributed by atoms with Gasteiger partial charge in [-0.05, 0) is 30.5 Å². The lowest BCUT2D eigenvalue weighted by molar-refractivity contribution is 0.380. The van der Waals surface area contributed by atoms with Crippen molar-refractivity contribution in [1.29, 1.82) is 0 Å². The lowest BCUT2D eigenvalue weighted by atomic mass is 10.1. The van der Waals surface area contributed by atoms with E-state index in [9.17, 15) is 0 Å². The highest BCUT2D eigenvalue weighted by Gasteiger charge is 2.19. The molecule has 2 heterocycles. The van der Waals surface area contributed by atoms with Gasteiger partial charge in [-0.25, -0.2) is 4.98 Å². The maximum atomic E-state index is 6.18. The number of aliphatic imine (C=N–C) groups is 1. The number of benzene rings is 1. The van der Waals surface area contributed by atoms with Crippen LogP contribution in [0, 0.1) is 0 Å². The van der Waals surface area contributed by atoms with Gasteiger partial charge in [-0.2, -0.15) is 0 Å². The minimum atomic E-state index is 0. The summed E-state index contributed by atoms with van der Waals surface area (Å²) < 4.78 is 6.46. The Hall–Kier alpha value is -1.07. The molecule has 1 saturated heterocycles. The molecule has 2 N–H and O–H groups in total. The first kappa shape index (κ1) is 22.2. The van der Waals surface area contributed by atoms with E-state index in [1.807, 2.05) is 23.7 Å². The van der Waals surface area contributed by atoms with Crippen molar-refractivity contribution < 1.29 is 4.74 Å². The highest BCUT2D eigenvalue weighted by Crippen LogP contribution is 2.24. The van der Waals surface area contributed by atoms with Crippen LogP contribution in [0.2, 0.25) is 0 Å². The summed E-state index contributed by atoms with van der Waals surface area (Å²) in [7, 11) is 1.70. The van der Waals surface area contributed by atoms with E-state index in [2.05, 4.69) is 41.8 Å². The monoisotopic (exact) mass is 565 g/mol. The van der Waals surface area contributed by atoms with E-state index in [4.69, 9.17) is 10.5 Å². The number of rotatable bonds is 6. The summed E-state index contributed by atoms with van der Waals surface area (Å²) in [6.45, 7) is 4.35. The molecule has 1 aromatic carbocycles. The highest BCUT2D eigenvalue weighted by atomic mass is 127. The number of aryl methyl sites for hydroxylation is 1. The van der Waals surface area contributed by atoms with Gasteiger partial charge in [-0.3, -0.25) is 4.99 Å². The zero-order valence-corrected chi connectivity index (χ0v) is 20.0. The van der Waals surface area contributed by atoms with E-state index in [1.54, 1.807) is 18.4 Å². The molecular weight excluding hydrogens is 541 g/mol. The standard InChI is InChI=1S/C18H24BrN5OS.HI/c1-25-16-13-15(19)5-4-14(16)3-2-6-21-17(20)23-8-10-24(11-9-23)18-22-7-12-26-18;/h4-5,7,12-13H,2-3,6,8-11H2,1H3,(H2,20,21);1H. The summed E-state index contributed by atoms with van der Waals surface area (Å²) in [5.41, 5.74) is 7.38. The number of aromatic nitrogens is 1. The second kappa shape index (κ2) is 11.1. The molecule has 1 fully saturated rings. The van der Waals surface area contributed by atoms with E-state index < -0.39 is 0 Å². The molecule has 0 spiro atoms. The van der Waals surface area contributed by atoms with Crippen LogP contribution in [0.3, 0.4) is 0 Å². The fourth-order valence-electron chi connectivity index (χ4n) is 2.99. The third-order valence-electron chi connectivity index (χ3n) is 4.42. The fraction of sp³-hybridized carbons (Fsp3) is 0.444. The molecule has 148 valence electrons. The molecule has 27 heavy (non-hydrogen) atoms. The average molecular weight is 566 g/mol. The minimum absolute atomic E-state index is 0. The zero-order valence-electron chi connectivity index (χ0n) is 15.3. The largest absolute Gasteiger partial charge is 0.496 e. The van der Waals surface area contributed by atoms with Gasteiger partial charge in [0.05, 0.1) is 7.11 Å². The molecule has 0 aliphatic carbocycles. The number of piperazine rings is 1. The molecule has 0 bridgehead atoms. The Labute approximate surface area is 190 Å². The second-order valence-corrected chi connectivity index (χ2v) is 7.88. The lowest BCUT2D eigenvalue weighted by Gasteiger charge is -2.35. The summed E-state index contributed by atoms with van der Waals surface area (Å²) in [6.07, 6.45) is 3.71. The molecule has 6 nitrogen and oxygen atoms in total. The maximum Gasteiger partial charge on any atom is 0.191 e. The van der Waals surface area contributed by atoms with Gasteiger partial charge in [0.1, 0.15) is 5.75 Å². The van der Waals surface area contributed by atoms with Crippen LogP contribution >= 0.6 is 51.2 Å². The van der Waals surface area contributed by atoms with Crippen LogP contribution in [0.5, 0.6) is 5.75 Å².